The van der Waals surface area contributed by atoms with Crippen LogP contribution in [0, 0.1) is 0 Å². The molecule has 0 rings (SSSR count). The molecule has 0 aliphatic rings. The lowest BCUT2D eigenvalue weighted by atomic mass is 10.3. The van der Waals surface area contributed by atoms with Crippen LogP contribution in [0.5, 0.6) is 0 Å². The Balaban J connectivity index is 3.76. The van der Waals surface area contributed by atoms with Crippen LogP contribution in [-0.2, 0) is 14.3 Å². The minimum Gasteiger partial charge on any atom is -0.481 e. The third kappa shape index (κ3) is 7.27. The lowest BCUT2D eigenvalue weighted by molar-refractivity contribution is -0.141. The van der Waals surface area contributed by atoms with Crippen molar-refractivity contribution in [2.45, 2.75) is 26.7 Å². The molecule has 0 amide bonds. The van der Waals surface area contributed by atoms with Crippen LogP contribution in [0.4, 0.5) is 0 Å². The minimum absolute atomic E-state index is 0.0137. The molecule has 0 aliphatic carbocycles. The molecule has 14 heavy (non-hydrogen) atoms. The first-order chi connectivity index (χ1) is 6.56. The van der Waals surface area contributed by atoms with Crippen LogP contribution >= 0.6 is 0 Å². The van der Waals surface area contributed by atoms with E-state index >= 15 is 0 Å². The number of hydrogen-bond acceptors (Lipinski definition) is 4. The first-order valence-electron chi connectivity index (χ1n) is 4.43. The molecule has 0 spiro atoms. The number of carbonyl (C=O) groups excluding carboxylic acids is 1. The standard InChI is InChI=1S/C9H15NO4/c1-3-14-9(13)6-7(2)10-5-4-8(11)12/h3-6H2,1-2H3,(H,11,12). The minimum atomic E-state index is -0.891. The van der Waals surface area contributed by atoms with Crippen LogP contribution < -0.4 is 0 Å². The van der Waals surface area contributed by atoms with Gasteiger partial charge in [0.25, 0.3) is 0 Å². The van der Waals surface area contributed by atoms with E-state index in [0.717, 1.165) is 0 Å². The van der Waals surface area contributed by atoms with Gasteiger partial charge in [-0.25, -0.2) is 0 Å². The Hall–Kier alpha value is -1.39. The molecule has 0 saturated carbocycles. The highest BCUT2D eigenvalue weighted by molar-refractivity contribution is 5.97. The molecule has 5 nitrogen and oxygen atoms in total. The Morgan fingerprint density at radius 1 is 1.43 bits per heavy atom. The van der Waals surface area contributed by atoms with Gasteiger partial charge in [0.1, 0.15) is 0 Å². The van der Waals surface area contributed by atoms with Gasteiger partial charge in [-0.15, -0.1) is 0 Å². The number of carbonyl (C=O) groups is 2. The van der Waals surface area contributed by atoms with Crippen molar-refractivity contribution in [2.24, 2.45) is 4.99 Å². The molecular weight excluding hydrogens is 186 g/mol. The van der Waals surface area contributed by atoms with Gasteiger partial charge in [-0.3, -0.25) is 14.6 Å². The molecule has 0 radical (unpaired) electrons. The summed E-state index contributed by atoms with van der Waals surface area (Å²) in [5, 5.41) is 8.33. The van der Waals surface area contributed by atoms with Crippen molar-refractivity contribution in [3.8, 4) is 0 Å². The van der Waals surface area contributed by atoms with Crippen LogP contribution in [0.1, 0.15) is 26.7 Å². The summed E-state index contributed by atoms with van der Waals surface area (Å²) in [5.74, 6) is -1.22. The SMILES string of the molecule is CCOC(=O)CC(C)=NCCC(=O)O. The Morgan fingerprint density at radius 2 is 2.07 bits per heavy atom. The van der Waals surface area contributed by atoms with Crippen molar-refractivity contribution >= 4 is 17.7 Å². The molecule has 0 atom stereocenters. The number of ether oxygens (including phenoxy) is 1. The van der Waals surface area contributed by atoms with E-state index in [1.807, 2.05) is 0 Å². The van der Waals surface area contributed by atoms with Gasteiger partial charge in [0.05, 0.1) is 19.4 Å². The average Bonchev–Trinajstić information content (AvgIpc) is 2.03. The zero-order valence-corrected chi connectivity index (χ0v) is 8.45. The number of nitrogens with zero attached hydrogens (tertiary/aromatic N) is 1. The van der Waals surface area contributed by atoms with Crippen LogP contribution in [-0.4, -0.2) is 35.9 Å². The number of carboxylic acids is 1. The number of aliphatic imine (C=N–C) groups is 1. The fraction of sp³-hybridized carbons (Fsp3) is 0.667. The van der Waals surface area contributed by atoms with Crippen LogP contribution in [0.3, 0.4) is 0 Å². The number of aliphatic carboxylic acids is 1. The van der Waals surface area contributed by atoms with Crippen molar-refractivity contribution in [1.29, 1.82) is 0 Å². The average molecular weight is 201 g/mol. The van der Waals surface area contributed by atoms with Gasteiger partial charge in [-0.1, -0.05) is 0 Å². The van der Waals surface area contributed by atoms with E-state index in [-0.39, 0.29) is 25.4 Å². The predicted molar refractivity (Wildman–Crippen MR) is 51.5 cm³/mol. The van der Waals surface area contributed by atoms with Crippen molar-refractivity contribution < 1.29 is 19.4 Å². The fourth-order valence-corrected chi connectivity index (χ4v) is 0.819. The lowest BCUT2D eigenvalue weighted by Gasteiger charge is -2.00. The maximum atomic E-state index is 10.9. The predicted octanol–water partition coefficient (Wildman–Crippen LogP) is 0.875. The molecule has 0 aliphatic heterocycles. The summed E-state index contributed by atoms with van der Waals surface area (Å²) in [6.07, 6.45) is 0.119. The quantitative estimate of drug-likeness (QED) is 0.511. The second-order valence-corrected chi connectivity index (χ2v) is 2.74. The van der Waals surface area contributed by atoms with Gasteiger partial charge in [-0.2, -0.15) is 0 Å². The van der Waals surface area contributed by atoms with E-state index in [1.165, 1.54) is 0 Å². The molecule has 0 aromatic heterocycles. The number of rotatable bonds is 6. The van der Waals surface area contributed by atoms with Gasteiger partial charge >= 0.3 is 11.9 Å². The van der Waals surface area contributed by atoms with E-state index in [4.69, 9.17) is 9.84 Å². The Morgan fingerprint density at radius 3 is 2.57 bits per heavy atom. The summed E-state index contributed by atoms with van der Waals surface area (Å²) >= 11 is 0. The maximum absolute atomic E-state index is 10.9. The molecule has 5 heteroatoms. The highest BCUT2D eigenvalue weighted by atomic mass is 16.5. The molecular formula is C9H15NO4. The first-order valence-corrected chi connectivity index (χ1v) is 4.43. The molecule has 1 N–H and O–H groups in total. The number of carboxylic acid groups (broad SMARTS) is 1. The fourth-order valence-electron chi connectivity index (χ4n) is 0.819. The Kier molecular flexibility index (Phi) is 6.36. The normalized spacial score (nSPS) is 11.1. The summed E-state index contributed by atoms with van der Waals surface area (Å²) in [7, 11) is 0. The third-order valence-electron chi connectivity index (χ3n) is 1.41. The van der Waals surface area contributed by atoms with Crippen LogP contribution in [0.15, 0.2) is 4.99 Å². The molecule has 0 aromatic rings. The van der Waals surface area contributed by atoms with Gasteiger partial charge in [0, 0.05) is 12.3 Å². The highest BCUT2D eigenvalue weighted by Crippen LogP contribution is 1.92. The molecule has 0 saturated heterocycles. The van der Waals surface area contributed by atoms with E-state index in [2.05, 4.69) is 4.99 Å². The largest absolute Gasteiger partial charge is 0.481 e. The van der Waals surface area contributed by atoms with Gasteiger partial charge in [0.2, 0.25) is 0 Å². The molecule has 0 aromatic carbocycles. The topological polar surface area (TPSA) is 76.0 Å². The molecule has 0 fully saturated rings. The van der Waals surface area contributed by atoms with Gasteiger partial charge < -0.3 is 9.84 Å². The van der Waals surface area contributed by atoms with Crippen LogP contribution in [0.25, 0.3) is 0 Å². The summed E-state index contributed by atoms with van der Waals surface area (Å²) in [5.41, 5.74) is 0.602. The third-order valence-corrected chi connectivity index (χ3v) is 1.41. The summed E-state index contributed by atoms with van der Waals surface area (Å²) in [4.78, 5) is 25.0. The smallest absolute Gasteiger partial charge is 0.311 e. The zero-order valence-electron chi connectivity index (χ0n) is 8.45. The molecule has 0 bridgehead atoms. The second kappa shape index (κ2) is 7.06. The van der Waals surface area contributed by atoms with Gasteiger partial charge in [-0.05, 0) is 13.8 Å². The maximum Gasteiger partial charge on any atom is 0.311 e. The van der Waals surface area contributed by atoms with Gasteiger partial charge in [0.15, 0.2) is 0 Å². The van der Waals surface area contributed by atoms with E-state index in [0.29, 0.717) is 12.3 Å². The zero-order chi connectivity index (χ0) is 11.0. The summed E-state index contributed by atoms with van der Waals surface area (Å²) in [6, 6.07) is 0. The van der Waals surface area contributed by atoms with E-state index < -0.39 is 5.97 Å². The summed E-state index contributed by atoms with van der Waals surface area (Å²) in [6.45, 7) is 3.97. The van der Waals surface area contributed by atoms with Crippen molar-refractivity contribution in [1.82, 2.24) is 0 Å². The monoisotopic (exact) mass is 201 g/mol. The number of esters is 1. The summed E-state index contributed by atoms with van der Waals surface area (Å²) < 4.78 is 4.70. The number of hydrogen-bond donors (Lipinski definition) is 1. The molecule has 0 heterocycles. The lowest BCUT2D eigenvalue weighted by Crippen LogP contribution is -2.09. The first kappa shape index (κ1) is 12.6. The van der Waals surface area contributed by atoms with E-state index in [1.54, 1.807) is 13.8 Å². The molecule has 80 valence electrons. The van der Waals surface area contributed by atoms with Crippen molar-refractivity contribution in [3.63, 3.8) is 0 Å². The Bertz CT molecular complexity index is 235. The Labute approximate surface area is 82.8 Å². The second-order valence-electron chi connectivity index (χ2n) is 2.74. The highest BCUT2D eigenvalue weighted by Gasteiger charge is 2.03. The van der Waals surface area contributed by atoms with Crippen molar-refractivity contribution in [3.05, 3.63) is 0 Å². The van der Waals surface area contributed by atoms with E-state index in [9.17, 15) is 9.59 Å². The van der Waals surface area contributed by atoms with Crippen molar-refractivity contribution in [2.75, 3.05) is 13.2 Å². The van der Waals surface area contributed by atoms with Crippen LogP contribution in [0.2, 0.25) is 0 Å². The molecule has 0 unspecified atom stereocenters.